The van der Waals surface area contributed by atoms with Gasteiger partial charge in [0.05, 0.1) is 12.2 Å². The summed E-state index contributed by atoms with van der Waals surface area (Å²) in [6.07, 6.45) is 7.44. The first-order valence-electron chi connectivity index (χ1n) is 8.83. The summed E-state index contributed by atoms with van der Waals surface area (Å²) in [5, 5.41) is 3.16. The largest absolute Gasteiger partial charge is 0.462 e. The zero-order valence-corrected chi connectivity index (χ0v) is 17.6. The normalized spacial score (nSPS) is 16.5. The van der Waals surface area contributed by atoms with Crippen LogP contribution in [0.1, 0.15) is 34.6 Å². The number of carbonyl (C=O) groups is 1. The number of hydrogen-bond acceptors (Lipinski definition) is 4. The van der Waals surface area contributed by atoms with E-state index in [2.05, 4.69) is 33.2 Å². The Labute approximate surface area is 164 Å². The Morgan fingerprint density at radius 3 is 2.73 bits per heavy atom. The Balaban J connectivity index is 0.00000163. The van der Waals surface area contributed by atoms with E-state index >= 15 is 0 Å². The SMILES string of the molecule is CC.CCOC(=O)/C(=C\Nc1cccc(Br)c1)C1=CC(C)C=C(C)N=C1. The van der Waals surface area contributed by atoms with E-state index in [1.807, 2.05) is 57.2 Å². The molecule has 1 aromatic rings. The molecule has 0 saturated carbocycles. The second-order valence-electron chi connectivity index (χ2n) is 5.48. The van der Waals surface area contributed by atoms with E-state index in [0.29, 0.717) is 12.2 Å². The van der Waals surface area contributed by atoms with Gasteiger partial charge in [-0.1, -0.05) is 54.9 Å². The second-order valence-corrected chi connectivity index (χ2v) is 6.40. The van der Waals surface area contributed by atoms with Crippen molar-refractivity contribution in [3.05, 3.63) is 63.9 Å². The van der Waals surface area contributed by atoms with Crippen molar-refractivity contribution in [2.75, 3.05) is 11.9 Å². The molecule has 0 amide bonds. The van der Waals surface area contributed by atoms with E-state index in [9.17, 15) is 4.79 Å². The molecule has 0 saturated heterocycles. The van der Waals surface area contributed by atoms with Gasteiger partial charge in [0.15, 0.2) is 0 Å². The maximum atomic E-state index is 12.4. The molecule has 140 valence electrons. The van der Waals surface area contributed by atoms with Crippen molar-refractivity contribution in [3.63, 3.8) is 0 Å². The van der Waals surface area contributed by atoms with Crippen LogP contribution in [0.15, 0.2) is 68.9 Å². The fourth-order valence-corrected chi connectivity index (χ4v) is 2.73. The van der Waals surface area contributed by atoms with Crippen molar-refractivity contribution in [1.29, 1.82) is 0 Å². The van der Waals surface area contributed by atoms with Crippen LogP contribution < -0.4 is 5.32 Å². The van der Waals surface area contributed by atoms with Gasteiger partial charge < -0.3 is 10.1 Å². The van der Waals surface area contributed by atoms with E-state index < -0.39 is 0 Å². The molecule has 2 rings (SSSR count). The number of allylic oxidation sites excluding steroid dienone is 3. The fraction of sp³-hybridized carbons (Fsp3) is 0.333. The third-order valence-corrected chi connectivity index (χ3v) is 3.86. The minimum atomic E-state index is -0.371. The van der Waals surface area contributed by atoms with Crippen molar-refractivity contribution in [2.45, 2.75) is 34.6 Å². The number of nitrogens with zero attached hydrogens (tertiary/aromatic N) is 1. The molecule has 1 aliphatic heterocycles. The minimum absolute atomic E-state index is 0.186. The van der Waals surface area contributed by atoms with Crippen LogP contribution in [-0.4, -0.2) is 18.8 Å². The Morgan fingerprint density at radius 2 is 2.08 bits per heavy atom. The number of hydrogen-bond donors (Lipinski definition) is 1. The van der Waals surface area contributed by atoms with Crippen molar-refractivity contribution in [1.82, 2.24) is 0 Å². The van der Waals surface area contributed by atoms with E-state index in [0.717, 1.165) is 21.4 Å². The molecule has 1 aliphatic rings. The van der Waals surface area contributed by atoms with Gasteiger partial charge in [-0.25, -0.2) is 4.79 Å². The predicted molar refractivity (Wildman–Crippen MR) is 113 cm³/mol. The molecule has 26 heavy (non-hydrogen) atoms. The third-order valence-electron chi connectivity index (χ3n) is 3.37. The summed E-state index contributed by atoms with van der Waals surface area (Å²) < 4.78 is 6.16. The monoisotopic (exact) mass is 418 g/mol. The smallest absolute Gasteiger partial charge is 0.340 e. The van der Waals surface area contributed by atoms with Crippen LogP contribution in [0.2, 0.25) is 0 Å². The summed E-state index contributed by atoms with van der Waals surface area (Å²) in [5.41, 5.74) is 3.00. The van der Waals surface area contributed by atoms with Gasteiger partial charge in [0.25, 0.3) is 0 Å². The number of halogens is 1. The van der Waals surface area contributed by atoms with Gasteiger partial charge in [0, 0.05) is 33.8 Å². The minimum Gasteiger partial charge on any atom is -0.462 e. The van der Waals surface area contributed by atoms with E-state index in [-0.39, 0.29) is 11.9 Å². The first kappa shape index (κ1) is 21.9. The van der Waals surface area contributed by atoms with Gasteiger partial charge in [-0.05, 0) is 38.0 Å². The lowest BCUT2D eigenvalue weighted by Crippen LogP contribution is -2.12. The van der Waals surface area contributed by atoms with Crippen molar-refractivity contribution >= 4 is 33.8 Å². The summed E-state index contributed by atoms with van der Waals surface area (Å²) in [6, 6.07) is 7.72. The van der Waals surface area contributed by atoms with Gasteiger partial charge in [-0.3, -0.25) is 4.99 Å². The standard InChI is InChI=1S/C19H21BrN2O2.C2H6/c1-4-24-19(23)18(12-22-17-7-5-6-16(20)10-17)15-9-13(2)8-14(3)21-11-15;1-2/h5-13,22H,4H2,1-3H3;1-2H3/b18-12-;. The summed E-state index contributed by atoms with van der Waals surface area (Å²) in [5.74, 6) is -0.185. The highest BCUT2D eigenvalue weighted by atomic mass is 79.9. The lowest BCUT2D eigenvalue weighted by Gasteiger charge is -2.10. The highest BCUT2D eigenvalue weighted by molar-refractivity contribution is 9.10. The molecule has 0 bridgehead atoms. The molecule has 1 N–H and O–H groups in total. The summed E-state index contributed by atoms with van der Waals surface area (Å²) >= 11 is 3.43. The molecule has 0 aliphatic carbocycles. The Kier molecular flexibility index (Phi) is 9.66. The Morgan fingerprint density at radius 1 is 1.35 bits per heavy atom. The third kappa shape index (κ3) is 7.00. The van der Waals surface area contributed by atoms with Gasteiger partial charge in [0.2, 0.25) is 0 Å². The zero-order valence-electron chi connectivity index (χ0n) is 16.0. The quantitative estimate of drug-likeness (QED) is 0.479. The van der Waals surface area contributed by atoms with Crippen LogP contribution in [0.3, 0.4) is 0 Å². The van der Waals surface area contributed by atoms with Crippen molar-refractivity contribution < 1.29 is 9.53 Å². The molecule has 0 aromatic heterocycles. The maximum Gasteiger partial charge on any atom is 0.340 e. The average Bonchev–Trinajstić information content (AvgIpc) is 2.77. The summed E-state index contributed by atoms with van der Waals surface area (Å²) in [4.78, 5) is 16.7. The first-order chi connectivity index (χ1) is 12.5. The van der Waals surface area contributed by atoms with Crippen molar-refractivity contribution in [3.8, 4) is 0 Å². The van der Waals surface area contributed by atoms with Gasteiger partial charge in [-0.15, -0.1) is 0 Å². The second kappa shape index (κ2) is 11.5. The molecule has 4 nitrogen and oxygen atoms in total. The topological polar surface area (TPSA) is 50.7 Å². The average molecular weight is 419 g/mol. The van der Waals surface area contributed by atoms with E-state index in [1.54, 1.807) is 19.3 Å². The molecule has 1 unspecified atom stereocenters. The van der Waals surface area contributed by atoms with Crippen LogP contribution in [0.4, 0.5) is 5.69 Å². The maximum absolute atomic E-state index is 12.4. The molecule has 0 radical (unpaired) electrons. The van der Waals surface area contributed by atoms with E-state index in [1.165, 1.54) is 0 Å². The molecular formula is C21H27BrN2O2. The number of ether oxygens (including phenoxy) is 1. The highest BCUT2D eigenvalue weighted by Crippen LogP contribution is 2.21. The molecule has 0 spiro atoms. The van der Waals surface area contributed by atoms with Crippen LogP contribution in [-0.2, 0) is 9.53 Å². The number of aliphatic imine (C=N–C) groups is 1. The zero-order chi connectivity index (χ0) is 19.5. The number of carbonyl (C=O) groups excluding carboxylic acids is 1. The number of benzene rings is 1. The van der Waals surface area contributed by atoms with Gasteiger partial charge in [0.1, 0.15) is 0 Å². The van der Waals surface area contributed by atoms with Crippen LogP contribution >= 0.6 is 15.9 Å². The molecule has 1 heterocycles. The van der Waals surface area contributed by atoms with E-state index in [4.69, 9.17) is 4.74 Å². The summed E-state index contributed by atoms with van der Waals surface area (Å²) in [6.45, 7) is 10.1. The Bertz CT molecular complexity index is 733. The number of esters is 1. The van der Waals surface area contributed by atoms with Crippen LogP contribution in [0.5, 0.6) is 0 Å². The lowest BCUT2D eigenvalue weighted by atomic mass is 10.0. The Hall–Kier alpha value is -2.14. The fourth-order valence-electron chi connectivity index (χ4n) is 2.33. The predicted octanol–water partition coefficient (Wildman–Crippen LogP) is 5.88. The van der Waals surface area contributed by atoms with Crippen molar-refractivity contribution in [2.24, 2.45) is 10.9 Å². The van der Waals surface area contributed by atoms with Gasteiger partial charge in [-0.2, -0.15) is 0 Å². The first-order valence-corrected chi connectivity index (χ1v) is 9.63. The molecule has 1 aromatic carbocycles. The number of rotatable bonds is 5. The number of anilines is 1. The molecule has 1 atom stereocenters. The number of nitrogens with one attached hydrogen (secondary N) is 1. The molecule has 5 heteroatoms. The summed E-state index contributed by atoms with van der Waals surface area (Å²) in [7, 11) is 0. The van der Waals surface area contributed by atoms with Gasteiger partial charge >= 0.3 is 5.97 Å². The van der Waals surface area contributed by atoms with Crippen LogP contribution in [0.25, 0.3) is 0 Å². The molecular weight excluding hydrogens is 392 g/mol. The molecule has 0 fully saturated rings. The highest BCUT2D eigenvalue weighted by Gasteiger charge is 2.17. The lowest BCUT2D eigenvalue weighted by molar-refractivity contribution is -0.138. The van der Waals surface area contributed by atoms with Crippen LogP contribution in [0, 0.1) is 5.92 Å².